The lowest BCUT2D eigenvalue weighted by molar-refractivity contribution is -0.138. The molecular formula is C20H20F3NO4. The van der Waals surface area contributed by atoms with Gasteiger partial charge in [-0.15, -0.1) is 0 Å². The van der Waals surface area contributed by atoms with Crippen molar-refractivity contribution in [2.45, 2.75) is 32.9 Å². The SMILES string of the molecule is CC.O=C(CCC(=O)c1ncccc1C(F)(F)F)c1ccc2c(c1)OCCO2. The highest BCUT2D eigenvalue weighted by Crippen LogP contribution is 2.32. The van der Waals surface area contributed by atoms with Gasteiger partial charge in [-0.1, -0.05) is 13.8 Å². The molecule has 1 aliphatic heterocycles. The minimum Gasteiger partial charge on any atom is -0.486 e. The molecule has 0 saturated carbocycles. The molecule has 0 spiro atoms. The predicted molar refractivity (Wildman–Crippen MR) is 95.9 cm³/mol. The number of ether oxygens (including phenoxy) is 2. The van der Waals surface area contributed by atoms with Crippen LogP contribution in [0.3, 0.4) is 0 Å². The quantitative estimate of drug-likeness (QED) is 0.684. The topological polar surface area (TPSA) is 65.5 Å². The number of benzene rings is 1. The number of ketones is 2. The van der Waals surface area contributed by atoms with E-state index in [0.29, 0.717) is 30.3 Å². The van der Waals surface area contributed by atoms with Crippen LogP contribution >= 0.6 is 0 Å². The molecule has 0 aliphatic carbocycles. The fourth-order valence-electron chi connectivity index (χ4n) is 2.56. The van der Waals surface area contributed by atoms with Crippen molar-refractivity contribution in [3.05, 3.63) is 53.3 Å². The Kier molecular flexibility index (Phi) is 7.14. The van der Waals surface area contributed by atoms with Crippen molar-refractivity contribution in [1.29, 1.82) is 0 Å². The number of halogens is 3. The molecule has 0 amide bonds. The monoisotopic (exact) mass is 395 g/mol. The first-order valence-corrected chi connectivity index (χ1v) is 8.84. The Hall–Kier alpha value is -2.90. The maximum atomic E-state index is 12.9. The Morgan fingerprint density at radius 3 is 2.32 bits per heavy atom. The maximum Gasteiger partial charge on any atom is 0.418 e. The number of carbonyl (C=O) groups excluding carboxylic acids is 2. The molecule has 0 radical (unpaired) electrons. The summed E-state index contributed by atoms with van der Waals surface area (Å²) >= 11 is 0. The standard InChI is InChI=1S/C18H14F3NO4.C2H6/c19-18(20,21)12-2-1-7-22-17(12)14(24)5-4-13(23)11-3-6-15-16(10-11)26-9-8-25-15;1-2/h1-3,6-7,10H,4-5,8-9H2;1-2H3. The molecule has 3 rings (SSSR count). The van der Waals surface area contributed by atoms with Crippen LogP contribution < -0.4 is 9.47 Å². The molecule has 28 heavy (non-hydrogen) atoms. The van der Waals surface area contributed by atoms with Crippen LogP contribution in [0.2, 0.25) is 0 Å². The number of alkyl halides is 3. The summed E-state index contributed by atoms with van der Waals surface area (Å²) in [6.07, 6.45) is -4.16. The van der Waals surface area contributed by atoms with Crippen LogP contribution in [-0.2, 0) is 6.18 Å². The van der Waals surface area contributed by atoms with Crippen LogP contribution in [-0.4, -0.2) is 29.8 Å². The summed E-state index contributed by atoms with van der Waals surface area (Å²) in [4.78, 5) is 27.9. The van der Waals surface area contributed by atoms with Crippen LogP contribution in [0.15, 0.2) is 36.5 Å². The molecule has 0 atom stereocenters. The van der Waals surface area contributed by atoms with E-state index >= 15 is 0 Å². The summed E-state index contributed by atoms with van der Waals surface area (Å²) in [6.45, 7) is 4.78. The average molecular weight is 395 g/mol. The number of fused-ring (bicyclic) bond motifs is 1. The van der Waals surface area contributed by atoms with Gasteiger partial charge in [-0.3, -0.25) is 14.6 Å². The highest BCUT2D eigenvalue weighted by molar-refractivity contribution is 6.02. The number of Topliss-reactive ketones (excluding diaryl/α,β-unsaturated/α-hetero) is 2. The van der Waals surface area contributed by atoms with Crippen LogP contribution in [0.25, 0.3) is 0 Å². The van der Waals surface area contributed by atoms with Crippen molar-refractivity contribution in [3.8, 4) is 11.5 Å². The largest absolute Gasteiger partial charge is 0.486 e. The second kappa shape index (κ2) is 9.34. The summed E-state index contributed by atoms with van der Waals surface area (Å²) < 4.78 is 49.6. The molecule has 0 bridgehead atoms. The van der Waals surface area contributed by atoms with E-state index in [0.717, 1.165) is 18.3 Å². The van der Waals surface area contributed by atoms with Gasteiger partial charge in [-0.2, -0.15) is 13.2 Å². The summed E-state index contributed by atoms with van der Waals surface area (Å²) in [5, 5.41) is 0. The number of pyridine rings is 1. The van der Waals surface area contributed by atoms with E-state index in [1.54, 1.807) is 6.07 Å². The number of rotatable bonds is 5. The van der Waals surface area contributed by atoms with Gasteiger partial charge in [-0.25, -0.2) is 0 Å². The molecular weight excluding hydrogens is 375 g/mol. The van der Waals surface area contributed by atoms with Gasteiger partial charge in [0.15, 0.2) is 23.1 Å². The molecule has 0 unspecified atom stereocenters. The van der Waals surface area contributed by atoms with Gasteiger partial charge in [0.05, 0.1) is 5.56 Å². The van der Waals surface area contributed by atoms with Crippen molar-refractivity contribution >= 4 is 11.6 Å². The summed E-state index contributed by atoms with van der Waals surface area (Å²) in [5.74, 6) is -0.256. The van der Waals surface area contributed by atoms with E-state index in [1.165, 1.54) is 12.1 Å². The molecule has 0 fully saturated rings. The van der Waals surface area contributed by atoms with Crippen LogP contribution in [0.1, 0.15) is 53.1 Å². The fraction of sp³-hybridized carbons (Fsp3) is 0.350. The van der Waals surface area contributed by atoms with Crippen molar-refractivity contribution in [2.75, 3.05) is 13.2 Å². The number of nitrogens with zero attached hydrogens (tertiary/aromatic N) is 1. The molecule has 2 heterocycles. The summed E-state index contributed by atoms with van der Waals surface area (Å²) in [5.41, 5.74) is -1.47. The van der Waals surface area contributed by atoms with E-state index in [2.05, 4.69) is 4.98 Å². The molecule has 1 aliphatic rings. The predicted octanol–water partition coefficient (Wildman–Crippen LogP) is 4.74. The third kappa shape index (κ3) is 5.09. The Morgan fingerprint density at radius 1 is 1.00 bits per heavy atom. The normalized spacial score (nSPS) is 12.6. The van der Waals surface area contributed by atoms with Gasteiger partial charge in [0.25, 0.3) is 0 Å². The number of hydrogen-bond donors (Lipinski definition) is 0. The van der Waals surface area contributed by atoms with Gasteiger partial charge in [0.2, 0.25) is 0 Å². The molecule has 150 valence electrons. The van der Waals surface area contributed by atoms with Gasteiger partial charge in [0.1, 0.15) is 18.9 Å². The molecule has 2 aromatic rings. The average Bonchev–Trinajstić information content (AvgIpc) is 2.72. The minimum atomic E-state index is -4.68. The van der Waals surface area contributed by atoms with E-state index in [1.807, 2.05) is 13.8 Å². The Balaban J connectivity index is 0.00000136. The summed E-state index contributed by atoms with van der Waals surface area (Å²) in [6, 6.07) is 6.53. The first-order chi connectivity index (χ1) is 13.4. The highest BCUT2D eigenvalue weighted by atomic mass is 19.4. The van der Waals surface area contributed by atoms with Gasteiger partial charge < -0.3 is 9.47 Å². The van der Waals surface area contributed by atoms with Gasteiger partial charge in [0, 0.05) is 24.6 Å². The molecule has 0 saturated heterocycles. The van der Waals surface area contributed by atoms with Crippen molar-refractivity contribution < 1.29 is 32.2 Å². The lowest BCUT2D eigenvalue weighted by atomic mass is 10.0. The Bertz CT molecular complexity index is 850. The summed E-state index contributed by atoms with van der Waals surface area (Å²) in [7, 11) is 0. The van der Waals surface area contributed by atoms with Crippen LogP contribution in [0.4, 0.5) is 13.2 Å². The smallest absolute Gasteiger partial charge is 0.418 e. The third-order valence-corrected chi connectivity index (χ3v) is 3.82. The second-order valence-corrected chi connectivity index (χ2v) is 5.60. The second-order valence-electron chi connectivity index (χ2n) is 5.60. The number of carbonyl (C=O) groups is 2. The van der Waals surface area contributed by atoms with Gasteiger partial charge in [-0.05, 0) is 30.3 Å². The molecule has 5 nitrogen and oxygen atoms in total. The Labute approximate surface area is 160 Å². The van der Waals surface area contributed by atoms with Crippen molar-refractivity contribution in [2.24, 2.45) is 0 Å². The Morgan fingerprint density at radius 2 is 1.64 bits per heavy atom. The lowest BCUT2D eigenvalue weighted by Gasteiger charge is -2.18. The third-order valence-electron chi connectivity index (χ3n) is 3.82. The zero-order chi connectivity index (χ0) is 20.7. The molecule has 1 aromatic heterocycles. The number of hydrogen-bond acceptors (Lipinski definition) is 5. The highest BCUT2D eigenvalue weighted by Gasteiger charge is 2.35. The van der Waals surface area contributed by atoms with Crippen molar-refractivity contribution in [3.63, 3.8) is 0 Å². The van der Waals surface area contributed by atoms with E-state index in [9.17, 15) is 22.8 Å². The van der Waals surface area contributed by atoms with E-state index in [-0.39, 0.29) is 18.6 Å². The van der Waals surface area contributed by atoms with E-state index < -0.39 is 23.2 Å². The minimum absolute atomic E-state index is 0.230. The van der Waals surface area contributed by atoms with E-state index in [4.69, 9.17) is 9.47 Å². The fourth-order valence-corrected chi connectivity index (χ4v) is 2.56. The van der Waals surface area contributed by atoms with Crippen molar-refractivity contribution in [1.82, 2.24) is 4.98 Å². The van der Waals surface area contributed by atoms with Gasteiger partial charge >= 0.3 is 6.18 Å². The molecule has 0 N–H and O–H groups in total. The van der Waals surface area contributed by atoms with Crippen LogP contribution in [0, 0.1) is 0 Å². The molecule has 8 heteroatoms. The first kappa shape index (κ1) is 21.4. The zero-order valence-corrected chi connectivity index (χ0v) is 15.5. The van der Waals surface area contributed by atoms with Crippen LogP contribution in [0.5, 0.6) is 11.5 Å². The molecule has 1 aromatic carbocycles. The zero-order valence-electron chi connectivity index (χ0n) is 15.5. The first-order valence-electron chi connectivity index (χ1n) is 8.84. The maximum absolute atomic E-state index is 12.9. The number of aromatic nitrogens is 1. The lowest BCUT2D eigenvalue weighted by Crippen LogP contribution is -2.16.